The van der Waals surface area contributed by atoms with E-state index in [2.05, 4.69) is 41.5 Å². The fraction of sp³-hybridized carbons (Fsp3) is 0.429. The molecule has 0 radical (unpaired) electrons. The van der Waals surface area contributed by atoms with Gasteiger partial charge in [-0.15, -0.1) is 0 Å². The highest BCUT2D eigenvalue weighted by molar-refractivity contribution is 9.09. The van der Waals surface area contributed by atoms with Gasteiger partial charge in [-0.05, 0) is 6.42 Å². The second kappa shape index (κ2) is 3.87. The zero-order chi connectivity index (χ0) is 9.97. The summed E-state index contributed by atoms with van der Waals surface area (Å²) < 4.78 is 5.05. The lowest BCUT2D eigenvalue weighted by Crippen LogP contribution is -1.87. The van der Waals surface area contributed by atoms with Gasteiger partial charge in [0, 0.05) is 0 Å². The second-order valence-electron chi connectivity index (χ2n) is 2.69. The Balaban J connectivity index is 2.26. The predicted molar refractivity (Wildman–Crippen MR) is 51.6 cm³/mol. The van der Waals surface area contributed by atoms with Gasteiger partial charge in [0.05, 0.1) is 11.0 Å². The van der Waals surface area contributed by atoms with E-state index in [1.54, 1.807) is 6.20 Å². The van der Waals surface area contributed by atoms with E-state index in [-0.39, 0.29) is 4.83 Å². The average molecular weight is 258 g/mol. The third kappa shape index (κ3) is 1.67. The smallest absolute Gasteiger partial charge is 0.240 e. The lowest BCUT2D eigenvalue weighted by atomic mass is 10.3. The molecule has 2 rings (SSSR count). The van der Waals surface area contributed by atoms with Gasteiger partial charge in [0.2, 0.25) is 11.7 Å². The quantitative estimate of drug-likeness (QED) is 0.847. The average Bonchev–Trinajstić information content (AvgIpc) is 2.86. The highest BCUT2D eigenvalue weighted by atomic mass is 79.9. The molecule has 0 aliphatic heterocycles. The maximum atomic E-state index is 5.05. The van der Waals surface area contributed by atoms with Crippen LogP contribution < -0.4 is 0 Å². The van der Waals surface area contributed by atoms with Crippen molar-refractivity contribution in [2.75, 3.05) is 0 Å². The molecule has 6 nitrogen and oxygen atoms in total. The van der Waals surface area contributed by atoms with Crippen LogP contribution in [0.2, 0.25) is 0 Å². The minimum absolute atomic E-state index is 0.0932. The maximum absolute atomic E-state index is 5.05. The Labute approximate surface area is 88.2 Å². The van der Waals surface area contributed by atoms with Gasteiger partial charge in [-0.2, -0.15) is 20.4 Å². The molecule has 0 amide bonds. The van der Waals surface area contributed by atoms with Crippen molar-refractivity contribution >= 4 is 15.9 Å². The van der Waals surface area contributed by atoms with Crippen LogP contribution in [-0.2, 0) is 0 Å². The Morgan fingerprint density at radius 1 is 1.64 bits per heavy atom. The van der Waals surface area contributed by atoms with Gasteiger partial charge in [-0.1, -0.05) is 28.0 Å². The number of hydrogen-bond donors (Lipinski definition) is 1. The third-order valence-corrected chi connectivity index (χ3v) is 2.75. The number of alkyl halides is 1. The summed E-state index contributed by atoms with van der Waals surface area (Å²) in [6.07, 6.45) is 2.43. The Kier molecular flexibility index (Phi) is 2.58. The minimum Gasteiger partial charge on any atom is -0.338 e. The van der Waals surface area contributed by atoms with Crippen LogP contribution in [0, 0.1) is 0 Å². The molecule has 2 heterocycles. The lowest BCUT2D eigenvalue weighted by Gasteiger charge is -1.95. The first-order chi connectivity index (χ1) is 6.81. The highest BCUT2D eigenvalue weighted by Crippen LogP contribution is 2.25. The van der Waals surface area contributed by atoms with Crippen molar-refractivity contribution in [3.05, 3.63) is 12.1 Å². The molecule has 2 aromatic rings. The van der Waals surface area contributed by atoms with Crippen LogP contribution in [0.4, 0.5) is 0 Å². The molecular weight excluding hydrogens is 250 g/mol. The summed E-state index contributed by atoms with van der Waals surface area (Å²) >= 11 is 3.42. The lowest BCUT2D eigenvalue weighted by molar-refractivity contribution is 0.376. The normalized spacial score (nSPS) is 13.0. The molecular formula is C7H8BrN5O. The van der Waals surface area contributed by atoms with Crippen molar-refractivity contribution in [1.82, 2.24) is 25.6 Å². The van der Waals surface area contributed by atoms with Crippen molar-refractivity contribution in [3.63, 3.8) is 0 Å². The van der Waals surface area contributed by atoms with Crippen LogP contribution in [0.25, 0.3) is 11.5 Å². The van der Waals surface area contributed by atoms with E-state index >= 15 is 0 Å². The number of H-pyrrole nitrogens is 1. The molecule has 2 aromatic heterocycles. The number of aromatic nitrogens is 5. The fourth-order valence-electron chi connectivity index (χ4n) is 0.950. The van der Waals surface area contributed by atoms with Gasteiger partial charge >= 0.3 is 0 Å². The number of halogens is 1. The van der Waals surface area contributed by atoms with Crippen molar-refractivity contribution in [2.45, 2.75) is 18.2 Å². The Hall–Kier alpha value is -1.24. The molecule has 0 aromatic carbocycles. The van der Waals surface area contributed by atoms with Gasteiger partial charge in [0.15, 0.2) is 5.69 Å². The molecule has 1 unspecified atom stereocenters. The van der Waals surface area contributed by atoms with E-state index < -0.39 is 0 Å². The summed E-state index contributed by atoms with van der Waals surface area (Å²) in [6, 6.07) is 0. The van der Waals surface area contributed by atoms with Crippen molar-refractivity contribution in [1.29, 1.82) is 0 Å². The molecule has 7 heteroatoms. The molecule has 0 spiro atoms. The largest absolute Gasteiger partial charge is 0.338 e. The van der Waals surface area contributed by atoms with E-state index in [1.807, 2.05) is 6.92 Å². The van der Waals surface area contributed by atoms with Crippen LogP contribution in [0.5, 0.6) is 0 Å². The van der Waals surface area contributed by atoms with Gasteiger partial charge in [0.25, 0.3) is 0 Å². The first-order valence-electron chi connectivity index (χ1n) is 4.15. The number of nitrogens with zero attached hydrogens (tertiary/aromatic N) is 4. The van der Waals surface area contributed by atoms with Crippen molar-refractivity contribution in [2.24, 2.45) is 0 Å². The van der Waals surface area contributed by atoms with E-state index in [1.165, 1.54) is 0 Å². The highest BCUT2D eigenvalue weighted by Gasteiger charge is 2.15. The van der Waals surface area contributed by atoms with E-state index in [9.17, 15) is 0 Å². The molecule has 0 saturated heterocycles. The summed E-state index contributed by atoms with van der Waals surface area (Å²) in [7, 11) is 0. The van der Waals surface area contributed by atoms with E-state index in [0.717, 1.165) is 6.42 Å². The molecule has 0 aliphatic carbocycles. The number of nitrogens with one attached hydrogen (secondary N) is 1. The SMILES string of the molecule is CCC(Br)c1nc(-c2cn[nH]n2)no1. The monoisotopic (exact) mass is 257 g/mol. The molecule has 14 heavy (non-hydrogen) atoms. The van der Waals surface area contributed by atoms with Gasteiger partial charge < -0.3 is 4.52 Å². The zero-order valence-corrected chi connectivity index (χ0v) is 9.02. The molecule has 1 N–H and O–H groups in total. The van der Waals surface area contributed by atoms with Gasteiger partial charge in [-0.25, -0.2) is 0 Å². The van der Waals surface area contributed by atoms with E-state index in [4.69, 9.17) is 4.52 Å². The zero-order valence-electron chi connectivity index (χ0n) is 7.44. The van der Waals surface area contributed by atoms with Crippen molar-refractivity contribution < 1.29 is 4.52 Å². The minimum atomic E-state index is 0.0932. The second-order valence-corrected chi connectivity index (χ2v) is 3.79. The van der Waals surface area contributed by atoms with Gasteiger partial charge in [-0.3, -0.25) is 0 Å². The van der Waals surface area contributed by atoms with Crippen LogP contribution in [0.15, 0.2) is 10.7 Å². The summed E-state index contributed by atoms with van der Waals surface area (Å²) in [4.78, 5) is 4.27. The molecule has 0 fully saturated rings. The fourth-order valence-corrected chi connectivity index (χ4v) is 1.14. The van der Waals surface area contributed by atoms with Crippen LogP contribution in [0.1, 0.15) is 24.1 Å². The first-order valence-corrected chi connectivity index (χ1v) is 5.06. The molecule has 0 saturated carbocycles. The summed E-state index contributed by atoms with van der Waals surface area (Å²) in [5.74, 6) is 1.01. The predicted octanol–water partition coefficient (Wildman–Crippen LogP) is 1.70. The third-order valence-electron chi connectivity index (χ3n) is 1.71. The first kappa shape index (κ1) is 9.32. The van der Waals surface area contributed by atoms with Crippen LogP contribution in [0.3, 0.4) is 0 Å². The summed E-state index contributed by atoms with van der Waals surface area (Å²) in [5.41, 5.74) is 0.579. The maximum Gasteiger partial charge on any atom is 0.240 e. The topological polar surface area (TPSA) is 80.5 Å². The van der Waals surface area contributed by atoms with E-state index in [0.29, 0.717) is 17.4 Å². The summed E-state index contributed by atoms with van der Waals surface area (Å²) in [6.45, 7) is 2.03. The molecule has 0 aliphatic rings. The Bertz CT molecular complexity index is 398. The summed E-state index contributed by atoms with van der Waals surface area (Å²) in [5, 5.41) is 13.8. The number of rotatable bonds is 3. The van der Waals surface area contributed by atoms with Crippen LogP contribution in [-0.4, -0.2) is 25.6 Å². The number of hydrogen-bond acceptors (Lipinski definition) is 5. The Morgan fingerprint density at radius 2 is 2.50 bits per heavy atom. The van der Waals surface area contributed by atoms with Crippen LogP contribution >= 0.6 is 15.9 Å². The molecule has 0 bridgehead atoms. The molecule has 74 valence electrons. The van der Waals surface area contributed by atoms with Gasteiger partial charge in [0.1, 0.15) is 0 Å². The standard InChI is InChI=1S/C7H8BrN5O/c1-2-4(8)7-10-6(12-14-7)5-3-9-13-11-5/h3-4H,2H2,1H3,(H,9,11,13). The number of aromatic amines is 1. The Morgan fingerprint density at radius 3 is 3.14 bits per heavy atom. The van der Waals surface area contributed by atoms with Crippen molar-refractivity contribution in [3.8, 4) is 11.5 Å². The molecule has 1 atom stereocenters.